The number of carbonyl (C=O) groups is 1. The van der Waals surface area contributed by atoms with Gasteiger partial charge < -0.3 is 14.4 Å². The quantitative estimate of drug-likeness (QED) is 0.360. The van der Waals surface area contributed by atoms with Gasteiger partial charge in [-0.2, -0.15) is 0 Å². The van der Waals surface area contributed by atoms with Gasteiger partial charge in [0, 0.05) is 43.0 Å². The predicted molar refractivity (Wildman–Crippen MR) is 84.0 cm³/mol. The highest BCUT2D eigenvalue weighted by atomic mass is 19.1. The standard InChI is InChI=1S/C16H14FN3O5/c17-11-1-2-14(20(22)23)15(9-11)25-16(21)13-10-12(3-4-18-13)19-5-7-24-8-6-19/h1-4,9-10H,5-8H2/p+1. The van der Waals surface area contributed by atoms with Crippen LogP contribution in [0.5, 0.6) is 5.75 Å². The number of morpholine rings is 1. The number of benzene rings is 1. The van der Waals surface area contributed by atoms with E-state index in [-0.39, 0.29) is 5.69 Å². The van der Waals surface area contributed by atoms with E-state index in [1.54, 1.807) is 18.3 Å². The fourth-order valence-corrected chi connectivity index (χ4v) is 2.47. The number of nitrogens with one attached hydrogen (secondary N) is 1. The van der Waals surface area contributed by atoms with Gasteiger partial charge in [0.2, 0.25) is 5.75 Å². The number of aromatic nitrogens is 1. The van der Waals surface area contributed by atoms with Gasteiger partial charge in [-0.3, -0.25) is 10.1 Å². The smallest absolute Gasteiger partial charge is 0.409 e. The molecule has 3 rings (SSSR count). The summed E-state index contributed by atoms with van der Waals surface area (Å²) in [6.45, 7) is 2.56. The molecule has 1 N–H and O–H groups in total. The number of aromatic amines is 1. The Labute approximate surface area is 141 Å². The van der Waals surface area contributed by atoms with Gasteiger partial charge in [0.15, 0.2) is 6.20 Å². The lowest BCUT2D eigenvalue weighted by Crippen LogP contribution is -2.36. The Balaban J connectivity index is 1.82. The van der Waals surface area contributed by atoms with Gasteiger partial charge in [-0.05, 0) is 6.07 Å². The summed E-state index contributed by atoms with van der Waals surface area (Å²) in [5.74, 6) is -2.02. The third-order valence-electron chi connectivity index (χ3n) is 3.70. The molecule has 0 amide bonds. The van der Waals surface area contributed by atoms with Gasteiger partial charge in [-0.25, -0.2) is 14.2 Å². The molecule has 1 aromatic heterocycles. The molecule has 0 radical (unpaired) electrons. The van der Waals surface area contributed by atoms with Crippen molar-refractivity contribution in [3.05, 3.63) is 58.2 Å². The first kappa shape index (κ1) is 16.8. The zero-order valence-corrected chi connectivity index (χ0v) is 13.1. The molecule has 130 valence electrons. The summed E-state index contributed by atoms with van der Waals surface area (Å²) in [6.07, 6.45) is 1.57. The van der Waals surface area contributed by atoms with E-state index in [0.29, 0.717) is 26.3 Å². The maximum atomic E-state index is 13.3. The van der Waals surface area contributed by atoms with Crippen LogP contribution < -0.4 is 14.6 Å². The molecule has 1 saturated heterocycles. The fourth-order valence-electron chi connectivity index (χ4n) is 2.47. The zero-order valence-electron chi connectivity index (χ0n) is 13.1. The van der Waals surface area contributed by atoms with E-state index in [4.69, 9.17) is 9.47 Å². The highest BCUT2D eigenvalue weighted by Gasteiger charge is 2.24. The van der Waals surface area contributed by atoms with Crippen LogP contribution in [0.1, 0.15) is 10.5 Å². The summed E-state index contributed by atoms with van der Waals surface area (Å²) in [7, 11) is 0. The van der Waals surface area contributed by atoms with E-state index < -0.39 is 28.1 Å². The Bertz CT molecular complexity index is 808. The number of H-pyrrole nitrogens is 1. The van der Waals surface area contributed by atoms with Crippen LogP contribution in [0.3, 0.4) is 0 Å². The van der Waals surface area contributed by atoms with E-state index in [1.165, 1.54) is 0 Å². The summed E-state index contributed by atoms with van der Waals surface area (Å²) in [5.41, 5.74) is 0.407. The number of hydrogen-bond donors (Lipinski definition) is 0. The number of nitro benzene ring substituents is 1. The van der Waals surface area contributed by atoms with E-state index >= 15 is 0 Å². The lowest BCUT2D eigenvalue weighted by molar-refractivity contribution is -0.386. The Morgan fingerprint density at radius 3 is 2.76 bits per heavy atom. The molecular formula is C16H15FN3O5+. The van der Waals surface area contributed by atoms with Crippen molar-refractivity contribution in [3.63, 3.8) is 0 Å². The SMILES string of the molecule is O=C(Oc1cc(F)ccc1[N+](=O)[O-])c1cc(N2CCOCC2)cc[nH+]1. The highest BCUT2D eigenvalue weighted by molar-refractivity contribution is 5.89. The van der Waals surface area contributed by atoms with Crippen LogP contribution in [-0.2, 0) is 4.74 Å². The van der Waals surface area contributed by atoms with Crippen LogP contribution in [0, 0.1) is 15.9 Å². The van der Waals surface area contributed by atoms with E-state index in [2.05, 4.69) is 4.98 Å². The van der Waals surface area contributed by atoms with E-state index in [0.717, 1.165) is 23.9 Å². The third-order valence-corrected chi connectivity index (χ3v) is 3.70. The lowest BCUT2D eigenvalue weighted by atomic mass is 10.2. The predicted octanol–water partition coefficient (Wildman–Crippen LogP) is 1.60. The number of nitro groups is 1. The number of carbonyl (C=O) groups excluding carboxylic acids is 1. The summed E-state index contributed by atoms with van der Waals surface area (Å²) in [4.78, 5) is 27.3. The van der Waals surface area contributed by atoms with Crippen LogP contribution in [-0.4, -0.2) is 37.2 Å². The minimum absolute atomic E-state index is 0.0996. The second-order valence-corrected chi connectivity index (χ2v) is 5.32. The largest absolute Gasteiger partial charge is 0.411 e. The topological polar surface area (TPSA) is 96.0 Å². The first-order chi connectivity index (χ1) is 12.0. The molecule has 0 spiro atoms. The number of ether oxygens (including phenoxy) is 2. The molecule has 0 bridgehead atoms. The van der Waals surface area contributed by atoms with Crippen LogP contribution in [0.4, 0.5) is 15.8 Å². The van der Waals surface area contributed by atoms with Crippen molar-refractivity contribution in [2.75, 3.05) is 31.2 Å². The van der Waals surface area contributed by atoms with Crippen molar-refractivity contribution in [3.8, 4) is 5.75 Å². The van der Waals surface area contributed by atoms with Crippen molar-refractivity contribution < 1.29 is 28.6 Å². The molecule has 9 heteroatoms. The molecule has 2 aromatic rings. The molecule has 2 heterocycles. The van der Waals surface area contributed by atoms with Crippen LogP contribution >= 0.6 is 0 Å². The van der Waals surface area contributed by atoms with Gasteiger partial charge in [0.25, 0.3) is 5.69 Å². The molecule has 8 nitrogen and oxygen atoms in total. The van der Waals surface area contributed by atoms with Crippen LogP contribution in [0.25, 0.3) is 0 Å². The van der Waals surface area contributed by atoms with Crippen molar-refractivity contribution >= 4 is 17.3 Å². The Morgan fingerprint density at radius 1 is 1.28 bits per heavy atom. The number of anilines is 1. The second kappa shape index (κ2) is 7.22. The maximum Gasteiger partial charge on any atom is 0.409 e. The number of hydrogen-bond acceptors (Lipinski definition) is 6. The second-order valence-electron chi connectivity index (χ2n) is 5.32. The van der Waals surface area contributed by atoms with Gasteiger partial charge in [0.05, 0.1) is 18.1 Å². The Morgan fingerprint density at radius 2 is 2.04 bits per heavy atom. The van der Waals surface area contributed by atoms with Crippen molar-refractivity contribution in [1.29, 1.82) is 0 Å². The Kier molecular flexibility index (Phi) is 4.85. The maximum absolute atomic E-state index is 13.3. The molecule has 1 aliphatic heterocycles. The third kappa shape index (κ3) is 3.89. The summed E-state index contributed by atoms with van der Waals surface area (Å²) in [6, 6.07) is 6.07. The van der Waals surface area contributed by atoms with Crippen molar-refractivity contribution in [2.45, 2.75) is 0 Å². The molecule has 0 atom stereocenters. The van der Waals surface area contributed by atoms with Crippen molar-refractivity contribution in [1.82, 2.24) is 0 Å². The average molecular weight is 348 g/mol. The zero-order chi connectivity index (χ0) is 17.8. The molecule has 1 aromatic carbocycles. The summed E-state index contributed by atoms with van der Waals surface area (Å²) >= 11 is 0. The molecular weight excluding hydrogens is 333 g/mol. The number of pyridine rings is 1. The average Bonchev–Trinajstić information content (AvgIpc) is 2.62. The molecule has 0 aliphatic carbocycles. The summed E-state index contributed by atoms with van der Waals surface area (Å²) in [5, 5.41) is 11.0. The number of halogens is 1. The number of esters is 1. The summed E-state index contributed by atoms with van der Waals surface area (Å²) < 4.78 is 23.6. The van der Waals surface area contributed by atoms with Crippen LogP contribution in [0.15, 0.2) is 36.5 Å². The molecule has 1 aliphatic rings. The van der Waals surface area contributed by atoms with Crippen LogP contribution in [0.2, 0.25) is 0 Å². The van der Waals surface area contributed by atoms with Crippen molar-refractivity contribution in [2.24, 2.45) is 0 Å². The minimum Gasteiger partial charge on any atom is -0.411 e. The molecule has 25 heavy (non-hydrogen) atoms. The molecule has 0 saturated carbocycles. The van der Waals surface area contributed by atoms with Gasteiger partial charge in [-0.15, -0.1) is 0 Å². The fraction of sp³-hybridized carbons (Fsp3) is 0.250. The first-order valence-corrected chi connectivity index (χ1v) is 7.55. The van der Waals surface area contributed by atoms with E-state index in [9.17, 15) is 19.3 Å². The molecule has 1 fully saturated rings. The Hall–Kier alpha value is -3.07. The number of rotatable bonds is 4. The van der Waals surface area contributed by atoms with Gasteiger partial charge in [0.1, 0.15) is 5.82 Å². The first-order valence-electron chi connectivity index (χ1n) is 7.55. The van der Waals surface area contributed by atoms with Gasteiger partial charge >= 0.3 is 11.7 Å². The monoisotopic (exact) mass is 348 g/mol. The normalized spacial score (nSPS) is 14.2. The highest BCUT2D eigenvalue weighted by Crippen LogP contribution is 2.28. The molecule has 0 unspecified atom stereocenters. The van der Waals surface area contributed by atoms with Gasteiger partial charge in [-0.1, -0.05) is 0 Å². The lowest BCUT2D eigenvalue weighted by Gasteiger charge is -2.28. The number of nitrogens with zero attached hydrogens (tertiary/aromatic N) is 2. The van der Waals surface area contributed by atoms with E-state index in [1.807, 2.05) is 4.90 Å². The minimum atomic E-state index is -0.844.